The molecule has 1 aromatic rings. The lowest BCUT2D eigenvalue weighted by molar-refractivity contribution is -0.314. The minimum atomic E-state index is -1.12. The molecule has 3 fully saturated rings. The summed E-state index contributed by atoms with van der Waals surface area (Å²) in [6.45, 7) is 2.24. The smallest absolute Gasteiger partial charge is 0.254 e. The molecule has 1 aromatic carbocycles. The number of amides is 2. The van der Waals surface area contributed by atoms with Gasteiger partial charge in [-0.1, -0.05) is 0 Å². The Bertz CT molecular complexity index is 741. The van der Waals surface area contributed by atoms with Crippen LogP contribution in [-0.2, 0) is 14.3 Å². The number of hydrogen-bond acceptors (Lipinski definition) is 5. The summed E-state index contributed by atoms with van der Waals surface area (Å²) in [5.74, 6) is -2.46. The fourth-order valence-electron chi connectivity index (χ4n) is 4.88. The van der Waals surface area contributed by atoms with Crippen molar-refractivity contribution in [1.29, 1.82) is 0 Å². The highest BCUT2D eigenvalue weighted by molar-refractivity contribution is 5.97. The summed E-state index contributed by atoms with van der Waals surface area (Å²) in [5.41, 5.74) is 1.13. The van der Waals surface area contributed by atoms with Gasteiger partial charge in [-0.25, -0.2) is 0 Å². The van der Waals surface area contributed by atoms with Crippen LogP contribution in [0.1, 0.15) is 29.6 Å². The maximum atomic E-state index is 12.7. The standard InChI is InChI=1S/C20H24N2O5/c23-18(16-13-1-2-14(11-13)17(16)20(25)26)21-15-5-3-12(4-6-15)19(24)22-7-9-27-10-8-22/h3-6,13-14,16-17H,1-2,7-11H2,(H,21,23)(H,25,26)/p-1/t13-,14+,16-,17+/m1/s1. The number of carboxylic acids is 1. The number of carbonyl (C=O) groups excluding carboxylic acids is 3. The van der Waals surface area contributed by atoms with E-state index in [1.165, 1.54) is 0 Å². The summed E-state index contributed by atoms with van der Waals surface area (Å²) in [4.78, 5) is 38.4. The number of nitrogens with zero attached hydrogens (tertiary/aromatic N) is 1. The van der Waals surface area contributed by atoms with Crippen molar-refractivity contribution in [3.8, 4) is 0 Å². The Hall–Kier alpha value is -2.41. The van der Waals surface area contributed by atoms with Crippen LogP contribution in [0.25, 0.3) is 0 Å². The molecule has 4 rings (SSSR count). The van der Waals surface area contributed by atoms with Gasteiger partial charge in [0.2, 0.25) is 5.91 Å². The largest absolute Gasteiger partial charge is 0.550 e. The van der Waals surface area contributed by atoms with E-state index >= 15 is 0 Å². The highest BCUT2D eigenvalue weighted by Crippen LogP contribution is 2.52. The molecule has 144 valence electrons. The molecule has 2 bridgehead atoms. The van der Waals surface area contributed by atoms with Crippen LogP contribution in [0.3, 0.4) is 0 Å². The van der Waals surface area contributed by atoms with E-state index in [2.05, 4.69) is 5.32 Å². The summed E-state index contributed by atoms with van der Waals surface area (Å²) in [6, 6.07) is 6.74. The summed E-state index contributed by atoms with van der Waals surface area (Å²) in [5, 5.41) is 14.3. The van der Waals surface area contributed by atoms with E-state index in [0.29, 0.717) is 37.6 Å². The average Bonchev–Trinajstić information content (AvgIpc) is 3.30. The van der Waals surface area contributed by atoms with E-state index in [0.717, 1.165) is 19.3 Å². The van der Waals surface area contributed by atoms with Crippen molar-refractivity contribution in [3.05, 3.63) is 29.8 Å². The molecule has 7 nitrogen and oxygen atoms in total. The first-order valence-electron chi connectivity index (χ1n) is 9.53. The number of fused-ring (bicyclic) bond motifs is 2. The number of carbonyl (C=O) groups is 3. The Morgan fingerprint density at radius 3 is 2.26 bits per heavy atom. The second kappa shape index (κ2) is 7.31. The van der Waals surface area contributed by atoms with E-state index < -0.39 is 17.8 Å². The maximum absolute atomic E-state index is 12.7. The van der Waals surface area contributed by atoms with E-state index in [1.807, 2.05) is 0 Å². The lowest BCUT2D eigenvalue weighted by atomic mass is 9.78. The second-order valence-corrected chi connectivity index (χ2v) is 7.67. The molecule has 1 N–H and O–H groups in total. The summed E-state index contributed by atoms with van der Waals surface area (Å²) in [6.07, 6.45) is 2.56. The quantitative estimate of drug-likeness (QED) is 0.831. The molecule has 1 saturated heterocycles. The predicted molar refractivity (Wildman–Crippen MR) is 94.6 cm³/mol. The average molecular weight is 371 g/mol. The molecule has 27 heavy (non-hydrogen) atoms. The molecule has 2 saturated carbocycles. The predicted octanol–water partition coefficient (Wildman–Crippen LogP) is 0.510. The SMILES string of the molecule is O=C(Nc1ccc(C(=O)N2CCOCC2)cc1)[C@@H]1[C@@H]2CC[C@@H](C2)[C@@H]1C(=O)[O-]. The van der Waals surface area contributed by atoms with Crippen molar-refractivity contribution < 1.29 is 24.2 Å². The first-order valence-corrected chi connectivity index (χ1v) is 9.53. The fraction of sp³-hybridized carbons (Fsp3) is 0.550. The van der Waals surface area contributed by atoms with Crippen LogP contribution >= 0.6 is 0 Å². The van der Waals surface area contributed by atoms with Gasteiger partial charge in [-0.2, -0.15) is 0 Å². The monoisotopic (exact) mass is 371 g/mol. The number of carboxylic acid groups (broad SMARTS) is 1. The number of anilines is 1. The van der Waals surface area contributed by atoms with Crippen LogP contribution in [0.2, 0.25) is 0 Å². The van der Waals surface area contributed by atoms with Gasteiger partial charge in [-0.05, 0) is 55.4 Å². The van der Waals surface area contributed by atoms with Crippen LogP contribution in [0.15, 0.2) is 24.3 Å². The van der Waals surface area contributed by atoms with Crippen LogP contribution in [0.5, 0.6) is 0 Å². The second-order valence-electron chi connectivity index (χ2n) is 7.67. The zero-order valence-electron chi connectivity index (χ0n) is 15.1. The van der Waals surface area contributed by atoms with Crippen molar-refractivity contribution in [3.63, 3.8) is 0 Å². The van der Waals surface area contributed by atoms with Crippen molar-refractivity contribution in [2.75, 3.05) is 31.6 Å². The molecule has 3 aliphatic rings. The Morgan fingerprint density at radius 1 is 1.00 bits per heavy atom. The van der Waals surface area contributed by atoms with Gasteiger partial charge in [0, 0.05) is 42.1 Å². The fourth-order valence-corrected chi connectivity index (χ4v) is 4.88. The number of aliphatic carboxylic acids is 1. The molecule has 7 heteroatoms. The van der Waals surface area contributed by atoms with Crippen LogP contribution < -0.4 is 10.4 Å². The van der Waals surface area contributed by atoms with Crippen LogP contribution in [0.4, 0.5) is 5.69 Å². The van der Waals surface area contributed by atoms with E-state index in [-0.39, 0.29) is 23.7 Å². The van der Waals surface area contributed by atoms with Gasteiger partial charge in [-0.15, -0.1) is 0 Å². The Kier molecular flexibility index (Phi) is 4.86. The molecule has 2 amide bonds. The molecular formula is C20H23N2O5-. The molecule has 0 spiro atoms. The summed E-state index contributed by atoms with van der Waals surface area (Å²) in [7, 11) is 0. The molecule has 1 heterocycles. The molecule has 1 aliphatic heterocycles. The Balaban J connectivity index is 1.41. The molecule has 0 unspecified atom stereocenters. The molecular weight excluding hydrogens is 348 g/mol. The number of nitrogens with one attached hydrogen (secondary N) is 1. The number of morpholine rings is 1. The van der Waals surface area contributed by atoms with Crippen molar-refractivity contribution >= 4 is 23.5 Å². The maximum Gasteiger partial charge on any atom is 0.254 e. The minimum Gasteiger partial charge on any atom is -0.550 e. The number of ether oxygens (including phenoxy) is 1. The number of hydrogen-bond donors (Lipinski definition) is 1. The third kappa shape index (κ3) is 3.43. The Labute approximate surface area is 157 Å². The zero-order valence-corrected chi connectivity index (χ0v) is 15.1. The highest BCUT2D eigenvalue weighted by atomic mass is 16.5. The van der Waals surface area contributed by atoms with E-state index in [4.69, 9.17) is 4.74 Å². The van der Waals surface area contributed by atoms with Gasteiger partial charge < -0.3 is 24.9 Å². The van der Waals surface area contributed by atoms with Gasteiger partial charge in [0.25, 0.3) is 5.91 Å². The van der Waals surface area contributed by atoms with E-state index in [9.17, 15) is 19.5 Å². The van der Waals surface area contributed by atoms with E-state index in [1.54, 1.807) is 29.2 Å². The lowest BCUT2D eigenvalue weighted by Crippen LogP contribution is -2.43. The topological polar surface area (TPSA) is 98.8 Å². The van der Waals surface area contributed by atoms with Gasteiger partial charge in [0.15, 0.2) is 0 Å². The zero-order chi connectivity index (χ0) is 19.0. The summed E-state index contributed by atoms with van der Waals surface area (Å²) < 4.78 is 5.26. The van der Waals surface area contributed by atoms with Gasteiger partial charge in [0.05, 0.1) is 13.2 Å². The van der Waals surface area contributed by atoms with Gasteiger partial charge in [0.1, 0.15) is 0 Å². The van der Waals surface area contributed by atoms with Gasteiger partial charge in [-0.3, -0.25) is 9.59 Å². The third-order valence-electron chi connectivity index (χ3n) is 6.19. The molecule has 0 radical (unpaired) electrons. The van der Waals surface area contributed by atoms with Crippen LogP contribution in [-0.4, -0.2) is 49.0 Å². The van der Waals surface area contributed by atoms with Crippen molar-refractivity contribution in [2.24, 2.45) is 23.7 Å². The minimum absolute atomic E-state index is 0.0544. The first-order chi connectivity index (χ1) is 13.0. The first kappa shape index (κ1) is 18.0. The number of rotatable bonds is 4. The Morgan fingerprint density at radius 2 is 1.63 bits per heavy atom. The molecule has 0 aromatic heterocycles. The highest BCUT2D eigenvalue weighted by Gasteiger charge is 2.51. The summed E-state index contributed by atoms with van der Waals surface area (Å²) >= 11 is 0. The normalized spacial score (nSPS) is 29.6. The van der Waals surface area contributed by atoms with Crippen LogP contribution in [0, 0.1) is 23.7 Å². The van der Waals surface area contributed by atoms with Crippen molar-refractivity contribution in [2.45, 2.75) is 19.3 Å². The third-order valence-corrected chi connectivity index (χ3v) is 6.19. The lowest BCUT2D eigenvalue weighted by Gasteiger charge is -2.30. The number of benzene rings is 1. The molecule has 4 atom stereocenters. The van der Waals surface area contributed by atoms with Gasteiger partial charge >= 0.3 is 0 Å². The molecule has 2 aliphatic carbocycles. The van der Waals surface area contributed by atoms with Crippen molar-refractivity contribution in [1.82, 2.24) is 4.90 Å².